The van der Waals surface area contributed by atoms with Gasteiger partial charge in [0, 0.05) is 24.0 Å². The first-order chi connectivity index (χ1) is 17.5. The molecule has 0 unspecified atom stereocenters. The van der Waals surface area contributed by atoms with Crippen LogP contribution in [0.5, 0.6) is 0 Å². The summed E-state index contributed by atoms with van der Waals surface area (Å²) < 4.78 is 14.4. The van der Waals surface area contributed by atoms with Crippen molar-refractivity contribution in [3.63, 3.8) is 0 Å². The van der Waals surface area contributed by atoms with Crippen LogP contribution in [0.1, 0.15) is 48.8 Å². The molecule has 0 aliphatic heterocycles. The van der Waals surface area contributed by atoms with E-state index >= 15 is 0 Å². The van der Waals surface area contributed by atoms with E-state index in [0.717, 1.165) is 36.8 Å². The number of benzene rings is 3. The molecule has 0 spiro atoms. The van der Waals surface area contributed by atoms with Crippen LogP contribution in [0.4, 0.5) is 4.39 Å². The molecule has 0 bridgehead atoms. The zero-order valence-corrected chi connectivity index (χ0v) is 21.1. The second kappa shape index (κ2) is 12.7. The van der Waals surface area contributed by atoms with Crippen LogP contribution in [0.3, 0.4) is 0 Å². The van der Waals surface area contributed by atoms with Gasteiger partial charge < -0.3 is 10.2 Å². The summed E-state index contributed by atoms with van der Waals surface area (Å²) in [7, 11) is 0. The van der Waals surface area contributed by atoms with Crippen LogP contribution in [0.15, 0.2) is 78.9 Å². The van der Waals surface area contributed by atoms with E-state index in [-0.39, 0.29) is 30.8 Å². The summed E-state index contributed by atoms with van der Waals surface area (Å²) in [4.78, 5) is 29.0. The molecule has 1 atom stereocenters. The van der Waals surface area contributed by atoms with Crippen LogP contribution in [-0.2, 0) is 29.0 Å². The van der Waals surface area contributed by atoms with E-state index in [9.17, 15) is 14.0 Å². The second-order valence-electron chi connectivity index (χ2n) is 9.47. The fraction of sp³-hybridized carbons (Fsp3) is 0.333. The van der Waals surface area contributed by atoms with Gasteiger partial charge in [0.15, 0.2) is 0 Å². The van der Waals surface area contributed by atoms with Gasteiger partial charge >= 0.3 is 0 Å². The molecular formula is C30H32ClFN2O2. The van der Waals surface area contributed by atoms with Crippen LogP contribution in [0.25, 0.3) is 0 Å². The van der Waals surface area contributed by atoms with E-state index in [1.807, 2.05) is 42.5 Å². The molecule has 1 aliphatic rings. The van der Waals surface area contributed by atoms with Gasteiger partial charge in [0.1, 0.15) is 11.9 Å². The minimum atomic E-state index is -0.743. The third-order valence-electron chi connectivity index (χ3n) is 6.76. The fourth-order valence-corrected chi connectivity index (χ4v) is 5.05. The van der Waals surface area contributed by atoms with E-state index in [2.05, 4.69) is 5.32 Å². The van der Waals surface area contributed by atoms with Crippen molar-refractivity contribution in [2.45, 2.75) is 63.6 Å². The molecule has 1 aliphatic carbocycles. The summed E-state index contributed by atoms with van der Waals surface area (Å²) in [6.45, 7) is 0.198. The van der Waals surface area contributed by atoms with Gasteiger partial charge in [-0.2, -0.15) is 0 Å². The lowest BCUT2D eigenvalue weighted by atomic mass is 9.94. The lowest BCUT2D eigenvalue weighted by Crippen LogP contribution is -2.53. The standard InChI is InChI=1S/C30H32ClFN2O2/c31-25-14-9-12-23(18-25)21-34(29(35)20-24-13-7-8-17-27(24)32)28(19-22-10-3-1-4-11-22)30(36)33-26-15-5-2-6-16-26/h1,3-4,7-14,17-18,26,28H,2,5-6,15-16,19-21H2,(H,33,36)/t28-/m0/s1. The lowest BCUT2D eigenvalue weighted by Gasteiger charge is -2.33. The highest BCUT2D eigenvalue weighted by Crippen LogP contribution is 2.21. The Bertz CT molecular complexity index is 1160. The normalized spacial score (nSPS) is 14.7. The van der Waals surface area contributed by atoms with Gasteiger partial charge in [0.25, 0.3) is 0 Å². The van der Waals surface area contributed by atoms with Gasteiger partial charge in [-0.15, -0.1) is 0 Å². The highest BCUT2D eigenvalue weighted by molar-refractivity contribution is 6.30. The Morgan fingerprint density at radius 1 is 0.917 bits per heavy atom. The summed E-state index contributed by atoms with van der Waals surface area (Å²) in [5.74, 6) is -0.908. The summed E-state index contributed by atoms with van der Waals surface area (Å²) in [6, 6.07) is 22.6. The van der Waals surface area contributed by atoms with Crippen molar-refractivity contribution in [1.82, 2.24) is 10.2 Å². The molecule has 4 nitrogen and oxygen atoms in total. The van der Waals surface area contributed by atoms with E-state index in [4.69, 9.17) is 11.6 Å². The molecule has 0 heterocycles. The van der Waals surface area contributed by atoms with Gasteiger partial charge in [-0.1, -0.05) is 91.5 Å². The number of hydrogen-bond donors (Lipinski definition) is 1. The molecule has 36 heavy (non-hydrogen) atoms. The third-order valence-corrected chi connectivity index (χ3v) is 7.00. The zero-order chi connectivity index (χ0) is 25.3. The Labute approximate surface area is 217 Å². The second-order valence-corrected chi connectivity index (χ2v) is 9.91. The lowest BCUT2D eigenvalue weighted by molar-refractivity contribution is -0.141. The molecule has 188 valence electrons. The number of rotatable bonds is 9. The molecule has 0 saturated heterocycles. The molecule has 1 fully saturated rings. The fourth-order valence-electron chi connectivity index (χ4n) is 4.84. The number of amides is 2. The number of carbonyl (C=O) groups excluding carboxylic acids is 2. The van der Waals surface area contributed by atoms with Crippen molar-refractivity contribution in [3.05, 3.63) is 106 Å². The molecule has 1 saturated carbocycles. The number of nitrogens with zero attached hydrogens (tertiary/aromatic N) is 1. The smallest absolute Gasteiger partial charge is 0.243 e. The first kappa shape index (κ1) is 25.9. The van der Waals surface area contributed by atoms with Crippen molar-refractivity contribution in [2.75, 3.05) is 0 Å². The predicted molar refractivity (Wildman–Crippen MR) is 141 cm³/mol. The maximum absolute atomic E-state index is 14.4. The molecule has 0 radical (unpaired) electrons. The van der Waals surface area contributed by atoms with Crippen LogP contribution >= 0.6 is 11.6 Å². The molecule has 3 aromatic rings. The van der Waals surface area contributed by atoms with Crippen molar-refractivity contribution >= 4 is 23.4 Å². The van der Waals surface area contributed by atoms with E-state index in [0.29, 0.717) is 17.0 Å². The van der Waals surface area contributed by atoms with Crippen LogP contribution in [0, 0.1) is 5.82 Å². The Morgan fingerprint density at radius 2 is 1.61 bits per heavy atom. The largest absolute Gasteiger partial charge is 0.352 e. The van der Waals surface area contributed by atoms with Gasteiger partial charge in [-0.25, -0.2) is 4.39 Å². The minimum absolute atomic E-state index is 0.110. The van der Waals surface area contributed by atoms with Crippen molar-refractivity contribution in [2.24, 2.45) is 0 Å². The van der Waals surface area contributed by atoms with E-state index in [1.165, 1.54) is 12.5 Å². The summed E-state index contributed by atoms with van der Waals surface area (Å²) in [5, 5.41) is 3.77. The molecule has 2 amide bonds. The first-order valence-corrected chi connectivity index (χ1v) is 13.0. The number of hydrogen-bond acceptors (Lipinski definition) is 2. The van der Waals surface area contributed by atoms with Crippen molar-refractivity contribution in [3.8, 4) is 0 Å². The average Bonchev–Trinajstić information content (AvgIpc) is 2.88. The predicted octanol–water partition coefficient (Wildman–Crippen LogP) is 6.11. The van der Waals surface area contributed by atoms with Gasteiger partial charge in [0.05, 0.1) is 6.42 Å². The first-order valence-electron chi connectivity index (χ1n) is 12.6. The summed E-state index contributed by atoms with van der Waals surface area (Å²) in [6.07, 6.45) is 5.49. The minimum Gasteiger partial charge on any atom is -0.352 e. The third kappa shape index (κ3) is 7.17. The van der Waals surface area contributed by atoms with Gasteiger partial charge in [-0.05, 0) is 47.7 Å². The molecule has 1 N–H and O–H groups in total. The molecular weight excluding hydrogens is 475 g/mol. The maximum Gasteiger partial charge on any atom is 0.243 e. The average molecular weight is 507 g/mol. The molecule has 0 aromatic heterocycles. The van der Waals surface area contributed by atoms with Gasteiger partial charge in [-0.3, -0.25) is 9.59 Å². The number of carbonyl (C=O) groups is 2. The molecule has 3 aromatic carbocycles. The molecule has 4 rings (SSSR count). The van der Waals surface area contributed by atoms with E-state index in [1.54, 1.807) is 35.2 Å². The zero-order valence-electron chi connectivity index (χ0n) is 20.3. The topological polar surface area (TPSA) is 49.4 Å². The van der Waals surface area contributed by atoms with Gasteiger partial charge in [0.2, 0.25) is 11.8 Å². The van der Waals surface area contributed by atoms with Crippen LogP contribution in [0.2, 0.25) is 5.02 Å². The van der Waals surface area contributed by atoms with Crippen LogP contribution in [-0.4, -0.2) is 28.8 Å². The maximum atomic E-state index is 14.4. The van der Waals surface area contributed by atoms with Crippen LogP contribution < -0.4 is 5.32 Å². The number of nitrogens with one attached hydrogen (secondary N) is 1. The quantitative estimate of drug-likeness (QED) is 0.380. The summed E-state index contributed by atoms with van der Waals surface area (Å²) >= 11 is 6.23. The van der Waals surface area contributed by atoms with Crippen molar-refractivity contribution < 1.29 is 14.0 Å². The Morgan fingerprint density at radius 3 is 2.33 bits per heavy atom. The van der Waals surface area contributed by atoms with E-state index < -0.39 is 11.9 Å². The Hall–Kier alpha value is -3.18. The highest BCUT2D eigenvalue weighted by atomic mass is 35.5. The SMILES string of the molecule is O=C(NC1CCCCC1)[C@H](Cc1ccccc1)N(Cc1cccc(Cl)c1)C(=O)Cc1ccccc1F. The highest BCUT2D eigenvalue weighted by Gasteiger charge is 2.32. The Kier molecular flexibility index (Phi) is 9.12. The Balaban J connectivity index is 1.66. The molecule has 6 heteroatoms. The number of halogens is 2. The monoisotopic (exact) mass is 506 g/mol. The summed E-state index contributed by atoms with van der Waals surface area (Å²) in [5.41, 5.74) is 2.08. The van der Waals surface area contributed by atoms with Crippen molar-refractivity contribution in [1.29, 1.82) is 0 Å².